The van der Waals surface area contributed by atoms with Gasteiger partial charge >= 0.3 is 0 Å². The highest BCUT2D eigenvalue weighted by Crippen LogP contribution is 2.34. The summed E-state index contributed by atoms with van der Waals surface area (Å²) in [6.07, 6.45) is 0.912. The molecule has 8 heteroatoms. The minimum atomic E-state index is -0.689. The fraction of sp³-hybridized carbons (Fsp3) is 0.360. The third-order valence-corrected chi connectivity index (χ3v) is 5.33. The molecule has 0 fully saturated rings. The van der Waals surface area contributed by atoms with E-state index in [0.29, 0.717) is 37.7 Å². The highest BCUT2D eigenvalue weighted by Gasteiger charge is 2.19. The van der Waals surface area contributed by atoms with Crippen molar-refractivity contribution in [3.63, 3.8) is 0 Å². The third kappa shape index (κ3) is 5.98. The summed E-state index contributed by atoms with van der Waals surface area (Å²) in [5.41, 5.74) is 2.01. The Balaban J connectivity index is 1.46. The summed E-state index contributed by atoms with van der Waals surface area (Å²) in [5, 5.41) is 10.7. The van der Waals surface area contributed by atoms with Crippen LogP contribution in [-0.4, -0.2) is 50.3 Å². The lowest BCUT2D eigenvalue weighted by Gasteiger charge is -2.26. The zero-order valence-electron chi connectivity index (χ0n) is 18.9. The average molecular weight is 456 g/mol. The highest BCUT2D eigenvalue weighted by atomic mass is 16.7. The Morgan fingerprint density at radius 2 is 1.88 bits per heavy atom. The molecule has 33 heavy (non-hydrogen) atoms. The van der Waals surface area contributed by atoms with Gasteiger partial charge in [0.25, 0.3) is 0 Å². The number of aliphatic hydroxyl groups is 1. The molecule has 0 radical (unpaired) electrons. The number of rotatable bonds is 12. The van der Waals surface area contributed by atoms with Gasteiger partial charge in [-0.25, -0.2) is 0 Å². The maximum Gasteiger partial charge on any atom is 0.231 e. The van der Waals surface area contributed by atoms with Crippen LogP contribution in [0.4, 0.5) is 0 Å². The van der Waals surface area contributed by atoms with E-state index in [1.54, 1.807) is 20.5 Å². The number of ether oxygens (including phenoxy) is 5. The van der Waals surface area contributed by atoms with Crippen molar-refractivity contribution in [2.75, 3.05) is 34.2 Å². The molecule has 0 amide bonds. The van der Waals surface area contributed by atoms with Crippen molar-refractivity contribution in [3.05, 3.63) is 71.7 Å². The summed E-state index contributed by atoms with van der Waals surface area (Å²) in [5.74, 6) is 3.54. The maximum absolute atomic E-state index is 10.7. The Morgan fingerprint density at radius 1 is 1.00 bits per heavy atom. The second-order valence-electron chi connectivity index (χ2n) is 7.76. The smallest absolute Gasteiger partial charge is 0.231 e. The Kier molecular flexibility index (Phi) is 7.72. The van der Waals surface area contributed by atoms with E-state index in [1.165, 1.54) is 0 Å². The monoisotopic (exact) mass is 455 g/mol. The minimum absolute atomic E-state index is 0.188. The van der Waals surface area contributed by atoms with E-state index < -0.39 is 6.10 Å². The fourth-order valence-corrected chi connectivity index (χ4v) is 3.84. The van der Waals surface area contributed by atoms with Crippen molar-refractivity contribution >= 4 is 0 Å². The lowest BCUT2D eigenvalue weighted by molar-refractivity contribution is 0.00242. The van der Waals surface area contributed by atoms with E-state index in [1.807, 2.05) is 48.5 Å². The molecule has 0 aliphatic carbocycles. The van der Waals surface area contributed by atoms with Gasteiger partial charge in [-0.3, -0.25) is 4.90 Å². The molecule has 0 bridgehead atoms. The van der Waals surface area contributed by atoms with Crippen molar-refractivity contribution in [1.29, 1.82) is 0 Å². The predicted molar refractivity (Wildman–Crippen MR) is 121 cm³/mol. The molecular weight excluding hydrogens is 426 g/mol. The number of aliphatic hydroxyl groups excluding tert-OH is 1. The Labute approximate surface area is 193 Å². The maximum atomic E-state index is 10.7. The number of hydrogen-bond donors (Lipinski definition) is 1. The molecule has 1 N–H and O–H groups in total. The molecule has 4 rings (SSSR count). The molecule has 2 aromatic carbocycles. The van der Waals surface area contributed by atoms with Crippen molar-refractivity contribution < 1.29 is 33.2 Å². The van der Waals surface area contributed by atoms with Crippen molar-refractivity contribution in [1.82, 2.24) is 4.90 Å². The van der Waals surface area contributed by atoms with E-state index in [-0.39, 0.29) is 13.4 Å². The van der Waals surface area contributed by atoms with Crippen LogP contribution >= 0.6 is 0 Å². The van der Waals surface area contributed by atoms with E-state index >= 15 is 0 Å². The van der Waals surface area contributed by atoms with Gasteiger partial charge in [-0.1, -0.05) is 18.2 Å². The molecular formula is C25H29NO7. The standard InChI is InChI=1S/C25H29NO7/c1-28-23-7-3-5-19(25(23)29-2)13-26(12-18-8-9-22-24(11-18)33-17-32-22)14-20(27)15-30-16-21-6-4-10-31-21/h3-11,20,27H,12-17H2,1-2H3. The third-order valence-electron chi connectivity index (χ3n) is 5.33. The van der Waals surface area contributed by atoms with Crippen LogP contribution in [0.25, 0.3) is 0 Å². The van der Waals surface area contributed by atoms with Crippen molar-refractivity contribution in [2.24, 2.45) is 0 Å². The summed E-state index contributed by atoms with van der Waals surface area (Å²) in [7, 11) is 3.24. The largest absolute Gasteiger partial charge is 0.493 e. The first-order valence-electron chi connectivity index (χ1n) is 10.7. The van der Waals surface area contributed by atoms with Crippen LogP contribution in [0.2, 0.25) is 0 Å². The number of fused-ring (bicyclic) bond motifs is 1. The molecule has 0 spiro atoms. The van der Waals surface area contributed by atoms with Gasteiger partial charge in [0.15, 0.2) is 23.0 Å². The molecule has 0 saturated carbocycles. The highest BCUT2D eigenvalue weighted by molar-refractivity contribution is 5.47. The summed E-state index contributed by atoms with van der Waals surface area (Å²) in [6, 6.07) is 15.3. The fourth-order valence-electron chi connectivity index (χ4n) is 3.84. The summed E-state index contributed by atoms with van der Waals surface area (Å²) >= 11 is 0. The quantitative estimate of drug-likeness (QED) is 0.444. The topological polar surface area (TPSA) is 82.8 Å². The van der Waals surface area contributed by atoms with Gasteiger partial charge in [-0.15, -0.1) is 0 Å². The minimum Gasteiger partial charge on any atom is -0.493 e. The predicted octanol–water partition coefficient (Wildman–Crippen LogP) is 3.61. The molecule has 1 atom stereocenters. The SMILES string of the molecule is COc1cccc(CN(Cc2ccc3c(c2)OCO3)CC(O)COCc2ccco2)c1OC. The normalized spacial score (nSPS) is 13.3. The molecule has 3 aromatic rings. The van der Waals surface area contributed by atoms with Gasteiger partial charge in [0.1, 0.15) is 12.4 Å². The lowest BCUT2D eigenvalue weighted by atomic mass is 10.1. The lowest BCUT2D eigenvalue weighted by Crippen LogP contribution is -2.34. The van der Waals surface area contributed by atoms with Gasteiger partial charge in [-0.2, -0.15) is 0 Å². The molecule has 176 valence electrons. The van der Waals surface area contributed by atoms with Gasteiger partial charge in [0.05, 0.1) is 33.2 Å². The number of para-hydroxylation sites is 1. The first-order chi connectivity index (χ1) is 16.2. The van der Waals surface area contributed by atoms with Crippen LogP contribution in [0.3, 0.4) is 0 Å². The first kappa shape index (κ1) is 23.0. The molecule has 0 saturated heterocycles. The van der Waals surface area contributed by atoms with E-state index in [2.05, 4.69) is 4.90 Å². The van der Waals surface area contributed by atoms with Gasteiger partial charge in [0.2, 0.25) is 6.79 Å². The second kappa shape index (κ2) is 11.1. The van der Waals surface area contributed by atoms with Crippen molar-refractivity contribution in [2.45, 2.75) is 25.8 Å². The van der Waals surface area contributed by atoms with E-state index in [9.17, 15) is 5.11 Å². The Bertz CT molecular complexity index is 1020. The van der Waals surface area contributed by atoms with E-state index in [4.69, 9.17) is 28.1 Å². The molecule has 8 nitrogen and oxygen atoms in total. The number of hydrogen-bond acceptors (Lipinski definition) is 8. The van der Waals surface area contributed by atoms with Crippen LogP contribution in [-0.2, 0) is 24.4 Å². The zero-order valence-corrected chi connectivity index (χ0v) is 18.9. The number of methoxy groups -OCH3 is 2. The molecule has 1 unspecified atom stereocenters. The van der Waals surface area contributed by atoms with Crippen LogP contribution in [0, 0.1) is 0 Å². The van der Waals surface area contributed by atoms with Gasteiger partial charge < -0.3 is 33.2 Å². The zero-order chi connectivity index (χ0) is 23.0. The van der Waals surface area contributed by atoms with Crippen molar-refractivity contribution in [3.8, 4) is 23.0 Å². The van der Waals surface area contributed by atoms with Crippen LogP contribution in [0.5, 0.6) is 23.0 Å². The van der Waals surface area contributed by atoms with Gasteiger partial charge in [0, 0.05) is 25.2 Å². The van der Waals surface area contributed by atoms with Crippen LogP contribution in [0.1, 0.15) is 16.9 Å². The van der Waals surface area contributed by atoms with Crippen LogP contribution in [0.15, 0.2) is 59.2 Å². The molecule has 1 aliphatic heterocycles. The first-order valence-corrected chi connectivity index (χ1v) is 10.7. The van der Waals surface area contributed by atoms with E-state index in [0.717, 1.165) is 28.4 Å². The summed E-state index contributed by atoms with van der Waals surface area (Å²) in [6.45, 7) is 2.27. The molecule has 2 heterocycles. The number of nitrogens with zero attached hydrogens (tertiary/aromatic N) is 1. The summed E-state index contributed by atoms with van der Waals surface area (Å²) in [4.78, 5) is 2.13. The molecule has 1 aliphatic rings. The molecule has 1 aromatic heterocycles. The number of benzene rings is 2. The second-order valence-corrected chi connectivity index (χ2v) is 7.76. The number of furan rings is 1. The average Bonchev–Trinajstić information content (AvgIpc) is 3.50. The van der Waals surface area contributed by atoms with Crippen LogP contribution < -0.4 is 18.9 Å². The summed E-state index contributed by atoms with van der Waals surface area (Å²) < 4.78 is 32.9. The Hall–Kier alpha value is -3.20. The van der Waals surface area contributed by atoms with Gasteiger partial charge in [-0.05, 0) is 35.9 Å². The Morgan fingerprint density at radius 3 is 2.67 bits per heavy atom.